The van der Waals surface area contributed by atoms with Crippen LogP contribution < -0.4 is 32.4 Å². The molecular formula is C18H21N9O5S3. The molecule has 4 heterocycles. The second-order valence-corrected chi connectivity index (χ2v) is 10.6. The molecule has 4 rings (SSSR count). The summed E-state index contributed by atoms with van der Waals surface area (Å²) in [4.78, 5) is 52.1. The molecule has 0 spiro atoms. The molecule has 0 bridgehead atoms. The highest BCUT2D eigenvalue weighted by Gasteiger charge is 2.56. The first kappa shape index (κ1) is 24.8. The van der Waals surface area contributed by atoms with E-state index in [9.17, 15) is 19.5 Å². The summed E-state index contributed by atoms with van der Waals surface area (Å²) in [5.74, 6) is 3.90. The quantitative estimate of drug-likeness (QED) is 0.0501. The lowest BCUT2D eigenvalue weighted by Crippen LogP contribution is -2.75. The number of amides is 2. The SMILES string of the molecule is CON=C(C(=O)NC1C(=O)N2CC(CSc3nc(N)cc[n+]3N)(C(=O)[O-])CS[C@H]12)c1csc(N)n1. The number of nitrogens with zero attached hydrogens (tertiary/aromatic N) is 5. The predicted molar refractivity (Wildman–Crippen MR) is 127 cm³/mol. The van der Waals surface area contributed by atoms with Crippen molar-refractivity contribution in [2.45, 2.75) is 16.6 Å². The zero-order valence-corrected chi connectivity index (χ0v) is 20.7. The molecule has 17 heteroatoms. The van der Waals surface area contributed by atoms with Crippen LogP contribution in [0.15, 0.2) is 28.0 Å². The lowest BCUT2D eigenvalue weighted by atomic mass is 9.89. The summed E-state index contributed by atoms with van der Waals surface area (Å²) < 4.78 is 1.23. The molecule has 35 heavy (non-hydrogen) atoms. The summed E-state index contributed by atoms with van der Waals surface area (Å²) in [6.45, 7) is -0.0836. The highest BCUT2D eigenvalue weighted by Crippen LogP contribution is 2.43. The number of nitrogens with one attached hydrogen (secondary N) is 1. The maximum absolute atomic E-state index is 12.9. The third-order valence-corrected chi connectivity index (χ3v) is 8.87. The molecule has 2 aliphatic heterocycles. The highest BCUT2D eigenvalue weighted by molar-refractivity contribution is 8.00. The van der Waals surface area contributed by atoms with Crippen molar-refractivity contribution in [1.82, 2.24) is 20.2 Å². The summed E-state index contributed by atoms with van der Waals surface area (Å²) in [6.07, 6.45) is 1.51. The van der Waals surface area contributed by atoms with E-state index in [1.54, 1.807) is 5.38 Å². The van der Waals surface area contributed by atoms with Gasteiger partial charge < -0.3 is 36.4 Å². The van der Waals surface area contributed by atoms with Gasteiger partial charge >= 0.3 is 5.16 Å². The Bertz CT molecular complexity index is 1210. The molecule has 2 aromatic heterocycles. The molecule has 2 aromatic rings. The Hall–Kier alpha value is -3.31. The topological polar surface area (TPSA) is 219 Å². The number of thioether (sulfide) groups is 2. The molecule has 2 aliphatic rings. The fourth-order valence-electron chi connectivity index (χ4n) is 3.53. The largest absolute Gasteiger partial charge is 0.549 e. The monoisotopic (exact) mass is 539 g/mol. The van der Waals surface area contributed by atoms with Gasteiger partial charge in [0, 0.05) is 34.9 Å². The van der Waals surface area contributed by atoms with Crippen LogP contribution in [0.25, 0.3) is 0 Å². The minimum absolute atomic E-state index is 0.0550. The van der Waals surface area contributed by atoms with E-state index in [4.69, 9.17) is 22.1 Å². The third-order valence-electron chi connectivity index (χ3n) is 5.36. The molecule has 2 saturated heterocycles. The minimum atomic E-state index is -1.35. The van der Waals surface area contributed by atoms with E-state index in [-0.39, 0.29) is 40.4 Å². The van der Waals surface area contributed by atoms with Gasteiger partial charge in [-0.05, 0) is 16.7 Å². The smallest absolute Gasteiger partial charge is 0.384 e. The highest BCUT2D eigenvalue weighted by atomic mass is 32.2. The fraction of sp³-hybridized carbons (Fsp3) is 0.389. The second kappa shape index (κ2) is 9.74. The maximum atomic E-state index is 12.9. The number of carbonyl (C=O) groups is 3. The normalized spacial score (nSPS) is 23.9. The van der Waals surface area contributed by atoms with E-state index < -0.39 is 34.6 Å². The predicted octanol–water partition coefficient (Wildman–Crippen LogP) is -3.02. The van der Waals surface area contributed by atoms with E-state index in [0.29, 0.717) is 5.16 Å². The lowest BCUT2D eigenvalue weighted by Gasteiger charge is -2.55. The van der Waals surface area contributed by atoms with Crippen LogP contribution in [0.2, 0.25) is 0 Å². The number of oxime groups is 1. The van der Waals surface area contributed by atoms with Crippen LogP contribution in [0.4, 0.5) is 10.9 Å². The molecule has 2 amide bonds. The van der Waals surface area contributed by atoms with Gasteiger partial charge in [-0.15, -0.1) is 27.8 Å². The number of thiazole rings is 1. The number of aromatic nitrogens is 3. The molecule has 0 saturated carbocycles. The number of hydrogen-bond donors (Lipinski definition) is 4. The zero-order valence-electron chi connectivity index (χ0n) is 18.2. The van der Waals surface area contributed by atoms with Gasteiger partial charge in [-0.2, -0.15) is 0 Å². The van der Waals surface area contributed by atoms with Gasteiger partial charge in [0.15, 0.2) is 10.8 Å². The first-order valence-electron chi connectivity index (χ1n) is 9.98. The number of nitrogens with two attached hydrogens (primary N) is 3. The van der Waals surface area contributed by atoms with Crippen LogP contribution in [-0.4, -0.2) is 74.9 Å². The lowest BCUT2D eigenvalue weighted by molar-refractivity contribution is -0.682. The summed E-state index contributed by atoms with van der Waals surface area (Å²) in [5, 5.41) is 20.1. The van der Waals surface area contributed by atoms with E-state index in [1.807, 2.05) is 0 Å². The molecule has 0 aliphatic carbocycles. The molecule has 3 atom stereocenters. The first-order chi connectivity index (χ1) is 16.6. The van der Waals surface area contributed by atoms with Gasteiger partial charge in [-0.1, -0.05) is 5.16 Å². The van der Waals surface area contributed by atoms with Gasteiger partial charge in [-0.3, -0.25) is 15.4 Å². The number of carboxylic acid groups (broad SMARTS) is 1. The Morgan fingerprint density at radius 3 is 2.89 bits per heavy atom. The first-order valence-corrected chi connectivity index (χ1v) is 12.9. The Labute approximate surface area is 211 Å². The number of fused-ring (bicyclic) bond motifs is 1. The number of rotatable bonds is 8. The van der Waals surface area contributed by atoms with E-state index >= 15 is 0 Å². The number of anilines is 2. The average Bonchev–Trinajstić information content (AvgIpc) is 3.26. The Balaban J connectivity index is 1.44. The Morgan fingerprint density at radius 2 is 2.23 bits per heavy atom. The van der Waals surface area contributed by atoms with Gasteiger partial charge in [0.2, 0.25) is 11.7 Å². The maximum Gasteiger partial charge on any atom is 0.384 e. The van der Waals surface area contributed by atoms with Crippen LogP contribution in [0, 0.1) is 5.41 Å². The van der Waals surface area contributed by atoms with Crippen molar-refractivity contribution in [2.24, 2.45) is 10.6 Å². The molecule has 2 fully saturated rings. The Kier molecular flexibility index (Phi) is 6.91. The van der Waals surface area contributed by atoms with Gasteiger partial charge in [0.05, 0.1) is 5.97 Å². The molecule has 0 radical (unpaired) electrons. The summed E-state index contributed by atoms with van der Waals surface area (Å²) in [6, 6.07) is 0.651. The van der Waals surface area contributed by atoms with Crippen molar-refractivity contribution < 1.29 is 29.0 Å². The van der Waals surface area contributed by atoms with E-state index in [2.05, 4.69) is 20.4 Å². The molecule has 0 aromatic carbocycles. The van der Waals surface area contributed by atoms with Crippen molar-refractivity contribution in [2.75, 3.05) is 42.5 Å². The number of carbonyl (C=O) groups excluding carboxylic acids is 3. The molecule has 7 N–H and O–H groups in total. The zero-order chi connectivity index (χ0) is 25.3. The van der Waals surface area contributed by atoms with Crippen molar-refractivity contribution in [3.05, 3.63) is 23.3 Å². The average molecular weight is 540 g/mol. The molecular weight excluding hydrogens is 518 g/mol. The van der Waals surface area contributed by atoms with Gasteiger partial charge in [0.1, 0.15) is 30.4 Å². The number of nitrogen functional groups attached to an aromatic ring is 3. The molecule has 2 unspecified atom stereocenters. The van der Waals surface area contributed by atoms with Crippen molar-refractivity contribution in [1.29, 1.82) is 0 Å². The minimum Gasteiger partial charge on any atom is -0.549 e. The standard InChI is InChI=1S/C18H21N9O5S3/c1-32-25-10(8-4-33-16(20)22-8)12(28)24-11-13(29)26-5-18(15(30)31,6-34-14(11)26)7-35-17-23-9(19)2-3-27(17)21/h2-4,11,14,19H,5-7,21H2,1H3,(H4,20,22,24,28,30,31)/t11?,14-,18?/m1/s1. The Morgan fingerprint density at radius 1 is 1.46 bits per heavy atom. The summed E-state index contributed by atoms with van der Waals surface area (Å²) in [5.41, 5.74) is 10.1. The number of carboxylic acids is 1. The third kappa shape index (κ3) is 4.78. The number of β-lactam (4-membered cyclic amide) rings is 1. The van der Waals surface area contributed by atoms with Crippen molar-refractivity contribution >= 4 is 69.3 Å². The van der Waals surface area contributed by atoms with Crippen LogP contribution in [0.5, 0.6) is 0 Å². The van der Waals surface area contributed by atoms with Crippen molar-refractivity contribution in [3.8, 4) is 0 Å². The molecule has 186 valence electrons. The number of hydrogen-bond acceptors (Lipinski definition) is 14. The van der Waals surface area contributed by atoms with E-state index in [1.165, 1.54) is 40.7 Å². The molecule has 14 nitrogen and oxygen atoms in total. The fourth-order valence-corrected chi connectivity index (χ4v) is 6.84. The second-order valence-electron chi connectivity index (χ2n) is 7.71. The number of aliphatic carboxylic acids is 1. The summed E-state index contributed by atoms with van der Waals surface area (Å²) in [7, 11) is 1.28. The van der Waals surface area contributed by atoms with Crippen LogP contribution in [-0.2, 0) is 19.2 Å². The van der Waals surface area contributed by atoms with Gasteiger partial charge in [0.25, 0.3) is 5.91 Å². The van der Waals surface area contributed by atoms with Crippen molar-refractivity contribution in [3.63, 3.8) is 0 Å². The summed E-state index contributed by atoms with van der Waals surface area (Å²) >= 11 is 3.47. The van der Waals surface area contributed by atoms with Crippen LogP contribution >= 0.6 is 34.9 Å². The van der Waals surface area contributed by atoms with E-state index in [0.717, 1.165) is 23.1 Å². The van der Waals surface area contributed by atoms with Gasteiger partial charge in [-0.25, -0.2) is 4.98 Å². The van der Waals surface area contributed by atoms with Crippen LogP contribution in [0.3, 0.4) is 0 Å². The van der Waals surface area contributed by atoms with Crippen LogP contribution in [0.1, 0.15) is 5.69 Å².